The number of rotatable bonds is 6. The molecule has 1 aromatic heterocycles. The molecular formula is C23H25ClN2O3. The van der Waals surface area contributed by atoms with Gasteiger partial charge < -0.3 is 14.5 Å². The Labute approximate surface area is 175 Å². The van der Waals surface area contributed by atoms with E-state index in [1.165, 1.54) is 0 Å². The Balaban J connectivity index is 1.44. The molecule has 1 fully saturated rings. The van der Waals surface area contributed by atoms with E-state index in [0.717, 1.165) is 40.7 Å². The number of benzene rings is 2. The quantitative estimate of drug-likeness (QED) is 0.661. The van der Waals surface area contributed by atoms with Crippen molar-refractivity contribution in [1.82, 2.24) is 10.2 Å². The van der Waals surface area contributed by atoms with Crippen molar-refractivity contribution in [3.8, 4) is 0 Å². The fourth-order valence-corrected chi connectivity index (χ4v) is 3.93. The number of halogens is 1. The second-order valence-electron chi connectivity index (χ2n) is 7.46. The number of aryl methyl sites for hydroxylation is 1. The van der Waals surface area contributed by atoms with E-state index in [0.29, 0.717) is 31.2 Å². The molecule has 2 heterocycles. The number of carbonyl (C=O) groups excluding carboxylic acids is 1. The van der Waals surface area contributed by atoms with Gasteiger partial charge in [-0.2, -0.15) is 0 Å². The lowest BCUT2D eigenvalue weighted by Gasteiger charge is -2.35. The molecule has 0 bridgehead atoms. The maximum absolute atomic E-state index is 12.7. The highest BCUT2D eigenvalue weighted by atomic mass is 35.5. The first-order valence-electron chi connectivity index (χ1n) is 9.91. The second-order valence-corrected chi connectivity index (χ2v) is 7.89. The van der Waals surface area contributed by atoms with E-state index in [2.05, 4.69) is 10.2 Å². The average molecular weight is 413 g/mol. The number of nitrogens with one attached hydrogen (secondary N) is 1. The van der Waals surface area contributed by atoms with E-state index in [1.54, 1.807) is 6.26 Å². The van der Waals surface area contributed by atoms with Crippen molar-refractivity contribution in [2.24, 2.45) is 0 Å². The van der Waals surface area contributed by atoms with E-state index in [-0.39, 0.29) is 11.9 Å². The number of carbonyl (C=O) groups is 1. The molecule has 6 heteroatoms. The van der Waals surface area contributed by atoms with Gasteiger partial charge in [-0.15, -0.1) is 0 Å². The maximum Gasteiger partial charge on any atom is 0.224 e. The molecule has 1 amide bonds. The van der Waals surface area contributed by atoms with E-state index in [4.69, 9.17) is 20.8 Å². The van der Waals surface area contributed by atoms with Crippen molar-refractivity contribution < 1.29 is 13.9 Å². The van der Waals surface area contributed by atoms with Gasteiger partial charge in [0, 0.05) is 35.6 Å². The fourth-order valence-electron chi connectivity index (χ4n) is 3.81. The van der Waals surface area contributed by atoms with Gasteiger partial charge in [-0.25, -0.2) is 0 Å². The summed E-state index contributed by atoms with van der Waals surface area (Å²) in [6.45, 7) is 5.66. The first-order valence-corrected chi connectivity index (χ1v) is 10.3. The van der Waals surface area contributed by atoms with Gasteiger partial charge in [0.15, 0.2) is 0 Å². The monoisotopic (exact) mass is 412 g/mol. The zero-order chi connectivity index (χ0) is 20.2. The van der Waals surface area contributed by atoms with Crippen LogP contribution in [0, 0.1) is 6.92 Å². The minimum absolute atomic E-state index is 0.0134. The lowest BCUT2D eigenvalue weighted by Crippen LogP contribution is -2.44. The normalized spacial score (nSPS) is 16.1. The third kappa shape index (κ3) is 4.81. The smallest absolute Gasteiger partial charge is 0.224 e. The summed E-state index contributed by atoms with van der Waals surface area (Å²) in [7, 11) is 0. The second kappa shape index (κ2) is 8.99. The van der Waals surface area contributed by atoms with Crippen LogP contribution in [0.3, 0.4) is 0 Å². The van der Waals surface area contributed by atoms with Gasteiger partial charge in [-0.05, 0) is 36.2 Å². The minimum Gasteiger partial charge on any atom is -0.464 e. The minimum atomic E-state index is -0.0134. The molecule has 1 N–H and O–H groups in total. The summed E-state index contributed by atoms with van der Waals surface area (Å²) in [5.41, 5.74) is 4.01. The third-order valence-corrected chi connectivity index (χ3v) is 5.65. The van der Waals surface area contributed by atoms with Gasteiger partial charge in [0.1, 0.15) is 5.58 Å². The zero-order valence-corrected chi connectivity index (χ0v) is 17.2. The molecule has 5 nitrogen and oxygen atoms in total. The maximum atomic E-state index is 12.7. The summed E-state index contributed by atoms with van der Waals surface area (Å²) in [5, 5.41) is 4.81. The van der Waals surface area contributed by atoms with E-state index in [1.807, 2.05) is 49.4 Å². The average Bonchev–Trinajstić information content (AvgIpc) is 3.12. The molecule has 29 heavy (non-hydrogen) atoms. The highest BCUT2D eigenvalue weighted by Gasteiger charge is 2.23. The molecule has 152 valence electrons. The third-order valence-electron chi connectivity index (χ3n) is 5.40. The van der Waals surface area contributed by atoms with Crippen LogP contribution in [0.5, 0.6) is 0 Å². The lowest BCUT2D eigenvalue weighted by molar-refractivity contribution is -0.120. The van der Waals surface area contributed by atoms with Crippen molar-refractivity contribution in [2.45, 2.75) is 19.4 Å². The van der Waals surface area contributed by atoms with Crippen LogP contribution in [0.1, 0.15) is 22.7 Å². The van der Waals surface area contributed by atoms with Gasteiger partial charge >= 0.3 is 0 Å². The van der Waals surface area contributed by atoms with E-state index < -0.39 is 0 Å². The number of amides is 1. The van der Waals surface area contributed by atoms with Crippen molar-refractivity contribution in [3.63, 3.8) is 0 Å². The fraction of sp³-hybridized carbons (Fsp3) is 0.348. The first kappa shape index (κ1) is 20.0. The van der Waals surface area contributed by atoms with Gasteiger partial charge in [-0.1, -0.05) is 35.9 Å². The van der Waals surface area contributed by atoms with Crippen LogP contribution < -0.4 is 5.32 Å². The Hall–Kier alpha value is -2.34. The summed E-state index contributed by atoms with van der Waals surface area (Å²) >= 11 is 6.05. The SMILES string of the molecule is Cc1ccc2c(CC(=O)NCC(c3ccc(Cl)cc3)N3CCOCC3)coc2c1. The van der Waals surface area contributed by atoms with Crippen LogP contribution in [0.25, 0.3) is 11.0 Å². The number of furan rings is 1. The van der Waals surface area contributed by atoms with Crippen LogP contribution in [-0.4, -0.2) is 43.7 Å². The van der Waals surface area contributed by atoms with Crippen LogP contribution in [0.2, 0.25) is 5.02 Å². The standard InChI is InChI=1S/C23H25ClN2O3/c1-16-2-7-20-18(15-29-22(20)12-16)13-23(27)25-14-21(26-8-10-28-11-9-26)17-3-5-19(24)6-4-17/h2-7,12,15,21H,8-11,13-14H2,1H3,(H,25,27). The Morgan fingerprint density at radius 3 is 2.69 bits per heavy atom. The Kier molecular flexibility index (Phi) is 6.19. The number of fused-ring (bicyclic) bond motifs is 1. The van der Waals surface area contributed by atoms with Crippen LogP contribution >= 0.6 is 11.6 Å². The molecule has 1 atom stereocenters. The largest absolute Gasteiger partial charge is 0.464 e. The number of hydrogen-bond acceptors (Lipinski definition) is 4. The lowest BCUT2D eigenvalue weighted by atomic mass is 10.0. The van der Waals surface area contributed by atoms with Crippen LogP contribution in [0.4, 0.5) is 0 Å². The summed E-state index contributed by atoms with van der Waals surface area (Å²) < 4.78 is 11.1. The molecular weight excluding hydrogens is 388 g/mol. The van der Waals surface area contributed by atoms with Gasteiger partial charge in [-0.3, -0.25) is 9.69 Å². The van der Waals surface area contributed by atoms with Crippen LogP contribution in [0.15, 0.2) is 53.1 Å². The molecule has 0 spiro atoms. The predicted molar refractivity (Wildman–Crippen MR) is 114 cm³/mol. The summed E-state index contributed by atoms with van der Waals surface area (Å²) in [6, 6.07) is 14.0. The molecule has 1 saturated heterocycles. The number of nitrogens with zero attached hydrogens (tertiary/aromatic N) is 1. The molecule has 4 rings (SSSR count). The van der Waals surface area contributed by atoms with Crippen molar-refractivity contribution in [3.05, 3.63) is 70.4 Å². The number of hydrogen-bond donors (Lipinski definition) is 1. The zero-order valence-electron chi connectivity index (χ0n) is 16.5. The molecule has 0 aliphatic carbocycles. The Morgan fingerprint density at radius 1 is 1.17 bits per heavy atom. The number of ether oxygens (including phenoxy) is 1. The first-order chi connectivity index (χ1) is 14.1. The summed E-state index contributed by atoms with van der Waals surface area (Å²) in [5.74, 6) is -0.0134. The molecule has 3 aromatic rings. The molecule has 0 radical (unpaired) electrons. The molecule has 1 aliphatic rings. The topological polar surface area (TPSA) is 54.7 Å². The predicted octanol–water partition coefficient (Wildman–Crippen LogP) is 4.13. The Bertz CT molecular complexity index is 977. The summed E-state index contributed by atoms with van der Waals surface area (Å²) in [6.07, 6.45) is 1.98. The van der Waals surface area contributed by atoms with Crippen molar-refractivity contribution >= 4 is 28.5 Å². The highest BCUT2D eigenvalue weighted by molar-refractivity contribution is 6.30. The van der Waals surface area contributed by atoms with Gasteiger partial charge in [0.25, 0.3) is 0 Å². The highest BCUT2D eigenvalue weighted by Crippen LogP contribution is 2.24. The van der Waals surface area contributed by atoms with Crippen molar-refractivity contribution in [1.29, 1.82) is 0 Å². The molecule has 0 saturated carbocycles. The Morgan fingerprint density at radius 2 is 1.93 bits per heavy atom. The van der Waals surface area contributed by atoms with Crippen molar-refractivity contribution in [2.75, 3.05) is 32.8 Å². The molecule has 1 unspecified atom stereocenters. The number of morpholine rings is 1. The summed E-state index contributed by atoms with van der Waals surface area (Å²) in [4.78, 5) is 15.0. The van der Waals surface area contributed by atoms with E-state index >= 15 is 0 Å². The van der Waals surface area contributed by atoms with Crippen LogP contribution in [-0.2, 0) is 16.0 Å². The van der Waals surface area contributed by atoms with E-state index in [9.17, 15) is 4.79 Å². The molecule has 1 aliphatic heterocycles. The molecule has 2 aromatic carbocycles. The van der Waals surface area contributed by atoms with Gasteiger partial charge in [0.2, 0.25) is 5.91 Å². The van der Waals surface area contributed by atoms with Gasteiger partial charge in [0.05, 0.1) is 31.9 Å².